The van der Waals surface area contributed by atoms with Crippen LogP contribution in [0.1, 0.15) is 22.8 Å². The molecule has 0 saturated heterocycles. The van der Waals surface area contributed by atoms with Crippen molar-refractivity contribution < 1.29 is 14.3 Å². The molecule has 2 N–H and O–H groups in total. The Morgan fingerprint density at radius 2 is 1.86 bits per heavy atom. The molecule has 28 heavy (non-hydrogen) atoms. The molecule has 3 rings (SSSR count). The van der Waals surface area contributed by atoms with Gasteiger partial charge in [0.1, 0.15) is 11.5 Å². The van der Waals surface area contributed by atoms with E-state index in [0.29, 0.717) is 24.4 Å². The maximum atomic E-state index is 12.5. The summed E-state index contributed by atoms with van der Waals surface area (Å²) < 4.78 is 10.8. The first kappa shape index (κ1) is 19.2. The maximum absolute atomic E-state index is 12.5. The fourth-order valence-electron chi connectivity index (χ4n) is 2.67. The second kappa shape index (κ2) is 9.41. The van der Waals surface area contributed by atoms with Crippen molar-refractivity contribution in [2.75, 3.05) is 19.0 Å². The fourth-order valence-corrected chi connectivity index (χ4v) is 2.67. The number of carbonyl (C=O) groups excluding carboxylic acids is 1. The first-order chi connectivity index (χ1) is 13.7. The van der Waals surface area contributed by atoms with E-state index in [0.717, 1.165) is 22.7 Å². The number of rotatable bonds is 8. The number of aromatic nitrogens is 1. The Morgan fingerprint density at radius 1 is 1.07 bits per heavy atom. The Hall–Kier alpha value is -3.54. The number of pyridine rings is 1. The Bertz CT molecular complexity index is 926. The molecule has 2 aromatic carbocycles. The zero-order valence-electron chi connectivity index (χ0n) is 15.9. The molecule has 1 amide bonds. The van der Waals surface area contributed by atoms with Crippen LogP contribution in [0.5, 0.6) is 11.5 Å². The number of hydrogen-bond acceptors (Lipinski definition) is 5. The highest BCUT2D eigenvalue weighted by atomic mass is 16.5. The van der Waals surface area contributed by atoms with Crippen LogP contribution in [-0.4, -0.2) is 24.6 Å². The van der Waals surface area contributed by atoms with E-state index >= 15 is 0 Å². The smallest absolute Gasteiger partial charge is 0.253 e. The van der Waals surface area contributed by atoms with Crippen molar-refractivity contribution in [2.45, 2.75) is 13.5 Å². The lowest BCUT2D eigenvalue weighted by Crippen LogP contribution is -2.23. The molecular formula is C22H23N3O3. The van der Waals surface area contributed by atoms with Crippen LogP contribution in [0.4, 0.5) is 11.4 Å². The number of methoxy groups -OCH3 is 1. The molecule has 0 saturated carbocycles. The quantitative estimate of drug-likeness (QED) is 0.617. The minimum Gasteiger partial charge on any atom is -0.497 e. The van der Waals surface area contributed by atoms with Crippen LogP contribution in [0, 0.1) is 0 Å². The van der Waals surface area contributed by atoms with E-state index in [1.165, 1.54) is 0 Å². The molecule has 0 aliphatic heterocycles. The number of para-hydroxylation sites is 2. The van der Waals surface area contributed by atoms with Crippen LogP contribution in [0.2, 0.25) is 0 Å². The third kappa shape index (κ3) is 5.01. The van der Waals surface area contributed by atoms with Gasteiger partial charge < -0.3 is 20.1 Å². The van der Waals surface area contributed by atoms with Gasteiger partial charge in [-0.25, -0.2) is 0 Å². The summed E-state index contributed by atoms with van der Waals surface area (Å²) in [5, 5.41) is 6.16. The standard InChI is InChI=1S/C22H23N3O3/c1-3-28-21-7-5-4-6-20(21)25-18-12-17(14-23-15-18)22(26)24-13-16-8-10-19(27-2)11-9-16/h4-12,14-15,25H,3,13H2,1-2H3,(H,24,26). The van der Waals surface area contributed by atoms with E-state index in [1.807, 2.05) is 55.5 Å². The van der Waals surface area contributed by atoms with Crippen molar-refractivity contribution in [3.05, 3.63) is 78.1 Å². The van der Waals surface area contributed by atoms with Crippen LogP contribution in [0.15, 0.2) is 67.0 Å². The number of hydrogen-bond donors (Lipinski definition) is 2. The zero-order valence-corrected chi connectivity index (χ0v) is 15.9. The number of anilines is 2. The summed E-state index contributed by atoms with van der Waals surface area (Å²) >= 11 is 0. The van der Waals surface area contributed by atoms with Crippen LogP contribution in [0.25, 0.3) is 0 Å². The Kier molecular flexibility index (Phi) is 6.46. The van der Waals surface area contributed by atoms with Crippen molar-refractivity contribution in [3.8, 4) is 11.5 Å². The van der Waals surface area contributed by atoms with Gasteiger partial charge >= 0.3 is 0 Å². The van der Waals surface area contributed by atoms with Gasteiger partial charge in [0.05, 0.1) is 36.9 Å². The highest BCUT2D eigenvalue weighted by molar-refractivity contribution is 5.94. The molecule has 0 aliphatic rings. The summed E-state index contributed by atoms with van der Waals surface area (Å²) in [6.45, 7) is 2.94. The number of ether oxygens (including phenoxy) is 2. The molecule has 0 bridgehead atoms. The van der Waals surface area contributed by atoms with Crippen molar-refractivity contribution >= 4 is 17.3 Å². The Balaban J connectivity index is 1.66. The summed E-state index contributed by atoms with van der Waals surface area (Å²) in [5.74, 6) is 1.34. The van der Waals surface area contributed by atoms with E-state index in [-0.39, 0.29) is 5.91 Å². The summed E-state index contributed by atoms with van der Waals surface area (Å²) in [6, 6.07) is 17.0. The van der Waals surface area contributed by atoms with Gasteiger partial charge in [-0.3, -0.25) is 9.78 Å². The number of nitrogens with zero attached hydrogens (tertiary/aromatic N) is 1. The average molecular weight is 377 g/mol. The van der Waals surface area contributed by atoms with Crippen LogP contribution >= 0.6 is 0 Å². The van der Waals surface area contributed by atoms with Gasteiger partial charge in [-0.2, -0.15) is 0 Å². The SMILES string of the molecule is CCOc1ccccc1Nc1cncc(C(=O)NCc2ccc(OC)cc2)c1. The molecular weight excluding hydrogens is 354 g/mol. The Labute approximate surface area is 164 Å². The fraction of sp³-hybridized carbons (Fsp3) is 0.182. The molecule has 0 aliphatic carbocycles. The molecule has 0 unspecified atom stereocenters. The number of carbonyl (C=O) groups is 1. The van der Waals surface area contributed by atoms with Crippen molar-refractivity contribution in [1.29, 1.82) is 0 Å². The van der Waals surface area contributed by atoms with E-state index < -0.39 is 0 Å². The van der Waals surface area contributed by atoms with Crippen LogP contribution in [-0.2, 0) is 6.54 Å². The number of amides is 1. The van der Waals surface area contributed by atoms with Crippen molar-refractivity contribution in [2.24, 2.45) is 0 Å². The first-order valence-electron chi connectivity index (χ1n) is 9.04. The molecule has 6 heteroatoms. The van der Waals surface area contributed by atoms with Gasteiger partial charge in [-0.15, -0.1) is 0 Å². The van der Waals surface area contributed by atoms with Gasteiger partial charge in [-0.1, -0.05) is 24.3 Å². The number of nitrogens with one attached hydrogen (secondary N) is 2. The molecule has 0 spiro atoms. The van der Waals surface area contributed by atoms with E-state index in [4.69, 9.17) is 9.47 Å². The van der Waals surface area contributed by atoms with Gasteiger partial charge in [-0.05, 0) is 42.8 Å². The summed E-state index contributed by atoms with van der Waals surface area (Å²) in [7, 11) is 1.62. The van der Waals surface area contributed by atoms with Gasteiger partial charge in [0, 0.05) is 12.7 Å². The topological polar surface area (TPSA) is 72.5 Å². The third-order valence-corrected chi connectivity index (χ3v) is 4.08. The molecule has 6 nitrogen and oxygen atoms in total. The first-order valence-corrected chi connectivity index (χ1v) is 9.04. The van der Waals surface area contributed by atoms with E-state index in [9.17, 15) is 4.79 Å². The van der Waals surface area contributed by atoms with Crippen LogP contribution < -0.4 is 20.1 Å². The molecule has 1 aromatic heterocycles. The summed E-state index contributed by atoms with van der Waals surface area (Å²) in [6.07, 6.45) is 3.21. The van der Waals surface area contributed by atoms with Gasteiger partial charge in [0.25, 0.3) is 5.91 Å². The largest absolute Gasteiger partial charge is 0.497 e. The minimum atomic E-state index is -0.190. The maximum Gasteiger partial charge on any atom is 0.253 e. The second-order valence-electron chi connectivity index (χ2n) is 6.05. The lowest BCUT2D eigenvalue weighted by atomic mass is 10.2. The predicted molar refractivity (Wildman–Crippen MR) is 109 cm³/mol. The Morgan fingerprint density at radius 3 is 2.61 bits per heavy atom. The molecule has 144 valence electrons. The highest BCUT2D eigenvalue weighted by Gasteiger charge is 2.09. The lowest BCUT2D eigenvalue weighted by Gasteiger charge is -2.12. The van der Waals surface area contributed by atoms with Crippen molar-refractivity contribution in [1.82, 2.24) is 10.3 Å². The highest BCUT2D eigenvalue weighted by Crippen LogP contribution is 2.27. The zero-order chi connectivity index (χ0) is 19.8. The second-order valence-corrected chi connectivity index (χ2v) is 6.05. The summed E-state index contributed by atoms with van der Waals surface area (Å²) in [5.41, 5.74) is 3.00. The summed E-state index contributed by atoms with van der Waals surface area (Å²) in [4.78, 5) is 16.7. The molecule has 0 radical (unpaired) electrons. The van der Waals surface area contributed by atoms with E-state index in [1.54, 1.807) is 25.6 Å². The molecule has 0 atom stereocenters. The van der Waals surface area contributed by atoms with Crippen LogP contribution in [0.3, 0.4) is 0 Å². The minimum absolute atomic E-state index is 0.190. The van der Waals surface area contributed by atoms with Gasteiger partial charge in [0.2, 0.25) is 0 Å². The number of benzene rings is 2. The van der Waals surface area contributed by atoms with Crippen molar-refractivity contribution in [3.63, 3.8) is 0 Å². The van der Waals surface area contributed by atoms with Gasteiger partial charge in [0.15, 0.2) is 0 Å². The normalized spacial score (nSPS) is 10.2. The van der Waals surface area contributed by atoms with E-state index in [2.05, 4.69) is 15.6 Å². The molecule has 3 aromatic rings. The monoisotopic (exact) mass is 377 g/mol. The molecule has 1 heterocycles. The lowest BCUT2D eigenvalue weighted by molar-refractivity contribution is 0.0950. The average Bonchev–Trinajstić information content (AvgIpc) is 2.74. The third-order valence-electron chi connectivity index (χ3n) is 4.08. The molecule has 0 fully saturated rings. The predicted octanol–water partition coefficient (Wildman–Crippen LogP) is 4.16.